The van der Waals surface area contributed by atoms with Crippen LogP contribution in [0.25, 0.3) is 0 Å². The first-order valence-corrected chi connectivity index (χ1v) is 5.45. The van der Waals surface area contributed by atoms with Crippen molar-refractivity contribution in [3.8, 4) is 5.75 Å². The van der Waals surface area contributed by atoms with E-state index in [1.165, 1.54) is 0 Å². The smallest absolute Gasteiger partial charge is 0.258 e. The van der Waals surface area contributed by atoms with Crippen LogP contribution in [0.5, 0.6) is 5.75 Å². The van der Waals surface area contributed by atoms with E-state index in [0.29, 0.717) is 0 Å². The lowest BCUT2D eigenvalue weighted by molar-refractivity contribution is -0.126. The lowest BCUT2D eigenvalue weighted by Crippen LogP contribution is -2.38. The van der Waals surface area contributed by atoms with E-state index < -0.39 is 12.0 Å². The second-order valence-electron chi connectivity index (χ2n) is 4.41. The standard InChI is InChI=1S/C13H19NO2/c1-8(2)11(13(14)15)16-12-9(3)6-5-7-10(12)4/h5-8,11H,1-4H3,(H2,14,15). The highest BCUT2D eigenvalue weighted by atomic mass is 16.5. The summed E-state index contributed by atoms with van der Waals surface area (Å²) in [6.07, 6.45) is -0.570. The Kier molecular flexibility index (Phi) is 3.93. The number of benzene rings is 1. The zero-order valence-electron chi connectivity index (χ0n) is 10.3. The fraction of sp³-hybridized carbons (Fsp3) is 0.462. The minimum Gasteiger partial charge on any atom is -0.480 e. The summed E-state index contributed by atoms with van der Waals surface area (Å²) in [6, 6.07) is 5.88. The summed E-state index contributed by atoms with van der Waals surface area (Å²) in [5, 5.41) is 0. The Balaban J connectivity index is 2.98. The molecular formula is C13H19NO2. The second-order valence-corrected chi connectivity index (χ2v) is 4.41. The van der Waals surface area contributed by atoms with Gasteiger partial charge in [0.25, 0.3) is 5.91 Å². The predicted octanol–water partition coefficient (Wildman–Crippen LogP) is 2.19. The number of ether oxygens (including phenoxy) is 1. The zero-order valence-corrected chi connectivity index (χ0v) is 10.3. The molecule has 16 heavy (non-hydrogen) atoms. The molecule has 88 valence electrons. The van der Waals surface area contributed by atoms with Gasteiger partial charge in [-0.1, -0.05) is 32.0 Å². The first-order chi connectivity index (χ1) is 7.43. The Hall–Kier alpha value is -1.51. The first kappa shape index (κ1) is 12.6. The van der Waals surface area contributed by atoms with Crippen molar-refractivity contribution in [1.29, 1.82) is 0 Å². The third-order valence-electron chi connectivity index (χ3n) is 2.54. The highest BCUT2D eigenvalue weighted by Gasteiger charge is 2.22. The van der Waals surface area contributed by atoms with Crippen molar-refractivity contribution in [2.75, 3.05) is 0 Å². The molecule has 0 spiro atoms. The molecule has 3 nitrogen and oxygen atoms in total. The molecule has 0 bridgehead atoms. The summed E-state index contributed by atoms with van der Waals surface area (Å²) in [5.41, 5.74) is 7.36. The molecule has 2 N–H and O–H groups in total. The molecule has 0 saturated carbocycles. The monoisotopic (exact) mass is 221 g/mol. The molecule has 1 amide bonds. The summed E-state index contributed by atoms with van der Waals surface area (Å²) >= 11 is 0. The summed E-state index contributed by atoms with van der Waals surface area (Å²) in [5.74, 6) is 0.411. The van der Waals surface area contributed by atoms with Crippen LogP contribution in [0, 0.1) is 19.8 Å². The molecule has 0 heterocycles. The predicted molar refractivity (Wildman–Crippen MR) is 64.4 cm³/mol. The van der Waals surface area contributed by atoms with E-state index in [1.54, 1.807) is 0 Å². The number of para-hydroxylation sites is 1. The van der Waals surface area contributed by atoms with Crippen LogP contribution < -0.4 is 10.5 Å². The van der Waals surface area contributed by atoms with Gasteiger partial charge >= 0.3 is 0 Å². The Morgan fingerprint density at radius 1 is 1.25 bits per heavy atom. The van der Waals surface area contributed by atoms with Crippen LogP contribution in [0.1, 0.15) is 25.0 Å². The zero-order chi connectivity index (χ0) is 12.3. The van der Waals surface area contributed by atoms with Gasteiger partial charge in [0.15, 0.2) is 6.10 Å². The van der Waals surface area contributed by atoms with Crippen molar-refractivity contribution in [2.45, 2.75) is 33.8 Å². The Morgan fingerprint density at radius 2 is 1.75 bits per heavy atom. The fourth-order valence-electron chi connectivity index (χ4n) is 1.63. The van der Waals surface area contributed by atoms with Gasteiger partial charge in [0.2, 0.25) is 0 Å². The van der Waals surface area contributed by atoms with Crippen molar-refractivity contribution in [3.63, 3.8) is 0 Å². The average Bonchev–Trinajstić information content (AvgIpc) is 2.15. The van der Waals surface area contributed by atoms with Gasteiger partial charge < -0.3 is 10.5 Å². The highest BCUT2D eigenvalue weighted by Crippen LogP contribution is 2.25. The van der Waals surface area contributed by atoms with Gasteiger partial charge in [0.05, 0.1) is 0 Å². The molecule has 0 aliphatic rings. The molecule has 1 unspecified atom stereocenters. The third kappa shape index (κ3) is 2.75. The lowest BCUT2D eigenvalue weighted by atomic mass is 10.1. The highest BCUT2D eigenvalue weighted by molar-refractivity contribution is 5.79. The van der Waals surface area contributed by atoms with Crippen LogP contribution in [-0.4, -0.2) is 12.0 Å². The maximum Gasteiger partial charge on any atom is 0.258 e. The summed E-state index contributed by atoms with van der Waals surface area (Å²) in [4.78, 5) is 11.3. The van der Waals surface area contributed by atoms with E-state index in [2.05, 4.69) is 0 Å². The number of carbonyl (C=O) groups excluding carboxylic acids is 1. The topological polar surface area (TPSA) is 52.3 Å². The van der Waals surface area contributed by atoms with Crippen molar-refractivity contribution in [1.82, 2.24) is 0 Å². The average molecular weight is 221 g/mol. The fourth-order valence-corrected chi connectivity index (χ4v) is 1.63. The lowest BCUT2D eigenvalue weighted by Gasteiger charge is -2.21. The number of carbonyl (C=O) groups is 1. The number of primary amides is 1. The van der Waals surface area contributed by atoms with E-state index in [1.807, 2.05) is 45.9 Å². The number of amides is 1. The summed E-state index contributed by atoms with van der Waals surface area (Å²) in [6.45, 7) is 7.76. The van der Waals surface area contributed by atoms with Crippen LogP contribution in [0.15, 0.2) is 18.2 Å². The van der Waals surface area contributed by atoms with E-state index in [-0.39, 0.29) is 5.92 Å². The molecule has 1 aromatic rings. The van der Waals surface area contributed by atoms with Gasteiger partial charge in [-0.3, -0.25) is 4.79 Å². The summed E-state index contributed by atoms with van der Waals surface area (Å²) in [7, 11) is 0. The third-order valence-corrected chi connectivity index (χ3v) is 2.54. The van der Waals surface area contributed by atoms with Crippen LogP contribution in [0.3, 0.4) is 0 Å². The molecule has 0 aliphatic heterocycles. The van der Waals surface area contributed by atoms with Gasteiger partial charge in [-0.2, -0.15) is 0 Å². The van der Waals surface area contributed by atoms with Gasteiger partial charge in [-0.15, -0.1) is 0 Å². The van der Waals surface area contributed by atoms with Crippen molar-refractivity contribution in [2.24, 2.45) is 11.7 Å². The van der Waals surface area contributed by atoms with Crippen LogP contribution in [0.2, 0.25) is 0 Å². The van der Waals surface area contributed by atoms with E-state index in [9.17, 15) is 4.79 Å². The molecule has 0 radical (unpaired) electrons. The van der Waals surface area contributed by atoms with Gasteiger partial charge in [-0.05, 0) is 30.9 Å². The number of rotatable bonds is 4. The molecule has 3 heteroatoms. The molecular weight excluding hydrogens is 202 g/mol. The van der Waals surface area contributed by atoms with E-state index in [0.717, 1.165) is 16.9 Å². The molecule has 0 saturated heterocycles. The first-order valence-electron chi connectivity index (χ1n) is 5.45. The van der Waals surface area contributed by atoms with Crippen LogP contribution >= 0.6 is 0 Å². The maximum absolute atomic E-state index is 11.3. The minimum atomic E-state index is -0.570. The largest absolute Gasteiger partial charge is 0.480 e. The molecule has 0 aromatic heterocycles. The van der Waals surface area contributed by atoms with Gasteiger partial charge in [-0.25, -0.2) is 0 Å². The van der Waals surface area contributed by atoms with Gasteiger partial charge in [0, 0.05) is 0 Å². The Bertz CT molecular complexity index is 365. The quantitative estimate of drug-likeness (QED) is 0.847. The number of hydrogen-bond donors (Lipinski definition) is 1. The number of aryl methyl sites for hydroxylation is 2. The molecule has 1 rings (SSSR count). The van der Waals surface area contributed by atoms with Crippen molar-refractivity contribution < 1.29 is 9.53 Å². The number of hydrogen-bond acceptors (Lipinski definition) is 2. The van der Waals surface area contributed by atoms with Crippen LogP contribution in [-0.2, 0) is 4.79 Å². The molecule has 0 fully saturated rings. The minimum absolute atomic E-state index is 0.0662. The molecule has 1 aromatic carbocycles. The second kappa shape index (κ2) is 5.01. The van der Waals surface area contributed by atoms with E-state index in [4.69, 9.17) is 10.5 Å². The molecule has 1 atom stereocenters. The van der Waals surface area contributed by atoms with Crippen LogP contribution in [0.4, 0.5) is 0 Å². The SMILES string of the molecule is Cc1cccc(C)c1OC(C(N)=O)C(C)C. The molecule has 0 aliphatic carbocycles. The van der Waals surface area contributed by atoms with Gasteiger partial charge in [0.1, 0.15) is 5.75 Å². The number of nitrogens with two attached hydrogens (primary N) is 1. The maximum atomic E-state index is 11.3. The van der Waals surface area contributed by atoms with E-state index >= 15 is 0 Å². The van der Waals surface area contributed by atoms with Crippen molar-refractivity contribution in [3.05, 3.63) is 29.3 Å². The summed E-state index contributed by atoms with van der Waals surface area (Å²) < 4.78 is 5.72. The Morgan fingerprint density at radius 3 is 2.12 bits per heavy atom. The Labute approximate surface area is 96.6 Å². The normalized spacial score (nSPS) is 12.6. The van der Waals surface area contributed by atoms with Crippen molar-refractivity contribution >= 4 is 5.91 Å².